The molecule has 8 nitrogen and oxygen atoms in total. The number of nitrogens with zero attached hydrogens (tertiary/aromatic N) is 4. The smallest absolute Gasteiger partial charge is 0.315 e. The van der Waals surface area contributed by atoms with E-state index in [1.54, 1.807) is 21.8 Å². The number of nitrogens with one attached hydrogen (secondary N) is 2. The van der Waals surface area contributed by atoms with Crippen LogP contribution in [-0.4, -0.2) is 38.2 Å². The van der Waals surface area contributed by atoms with Crippen LogP contribution in [0.25, 0.3) is 5.69 Å². The van der Waals surface area contributed by atoms with Gasteiger partial charge in [-0.25, -0.2) is 9.48 Å². The summed E-state index contributed by atoms with van der Waals surface area (Å²) in [5.74, 6) is 0. The second-order valence-electron chi connectivity index (χ2n) is 7.06. The Morgan fingerprint density at radius 2 is 2.17 bits per heavy atom. The van der Waals surface area contributed by atoms with E-state index in [0.717, 1.165) is 24.1 Å². The molecule has 0 spiro atoms. The van der Waals surface area contributed by atoms with Crippen LogP contribution in [0.5, 0.6) is 0 Å². The van der Waals surface area contributed by atoms with Crippen LogP contribution in [0.3, 0.4) is 0 Å². The van der Waals surface area contributed by atoms with E-state index in [1.165, 1.54) is 6.07 Å². The third-order valence-corrected chi connectivity index (χ3v) is 4.24. The molecule has 2 N–H and O–H groups in total. The second-order valence-corrected chi connectivity index (χ2v) is 7.06. The van der Waals surface area contributed by atoms with Gasteiger partial charge in [-0.15, -0.1) is 0 Å². The van der Waals surface area contributed by atoms with Crippen molar-refractivity contribution in [1.82, 2.24) is 30.2 Å². The van der Waals surface area contributed by atoms with E-state index in [1.807, 2.05) is 45.3 Å². The van der Waals surface area contributed by atoms with Gasteiger partial charge in [-0.2, -0.15) is 10.2 Å². The number of urea groups is 1. The fourth-order valence-corrected chi connectivity index (χ4v) is 2.63. The fourth-order valence-electron chi connectivity index (χ4n) is 2.63. The van der Waals surface area contributed by atoms with Crippen molar-refractivity contribution < 1.29 is 4.79 Å². The average molecular weight is 399 g/mol. The van der Waals surface area contributed by atoms with E-state index in [2.05, 4.69) is 27.8 Å². The van der Waals surface area contributed by atoms with E-state index < -0.39 is 0 Å². The molecule has 2 aromatic rings. The Labute approximate surface area is 171 Å². The molecule has 8 heteroatoms. The first-order chi connectivity index (χ1) is 13.9. The van der Waals surface area contributed by atoms with Crippen molar-refractivity contribution in [2.75, 3.05) is 6.54 Å². The Balaban J connectivity index is 1.94. The summed E-state index contributed by atoms with van der Waals surface area (Å²) in [6.45, 7) is 6.62. The van der Waals surface area contributed by atoms with Crippen molar-refractivity contribution in [3.63, 3.8) is 0 Å². The van der Waals surface area contributed by atoms with Gasteiger partial charge in [0.2, 0.25) is 5.43 Å². The van der Waals surface area contributed by atoms with Crippen molar-refractivity contribution in [3.05, 3.63) is 64.4 Å². The number of carbonyl (C=O) groups excluding carboxylic acids is 1. The summed E-state index contributed by atoms with van der Waals surface area (Å²) < 4.78 is 3.33. The average Bonchev–Trinajstić information content (AvgIpc) is 3.10. The molecule has 0 saturated carbocycles. The van der Waals surface area contributed by atoms with Gasteiger partial charge in [0, 0.05) is 38.3 Å². The molecule has 0 aromatic carbocycles. The molecule has 2 heterocycles. The quantitative estimate of drug-likeness (QED) is 0.501. The van der Waals surface area contributed by atoms with Crippen molar-refractivity contribution in [2.45, 2.75) is 46.1 Å². The van der Waals surface area contributed by atoms with Crippen LogP contribution in [0.4, 0.5) is 4.79 Å². The van der Waals surface area contributed by atoms with Crippen molar-refractivity contribution in [3.8, 4) is 5.69 Å². The zero-order valence-electron chi connectivity index (χ0n) is 17.6. The highest BCUT2D eigenvalue weighted by atomic mass is 16.2. The maximum absolute atomic E-state index is 12.2. The highest BCUT2D eigenvalue weighted by molar-refractivity contribution is 5.74. The molecule has 0 radical (unpaired) electrons. The molecule has 1 atom stereocenters. The summed E-state index contributed by atoms with van der Waals surface area (Å²) in [6.07, 6.45) is 13.3. The lowest BCUT2D eigenvalue weighted by molar-refractivity contribution is 0.239. The van der Waals surface area contributed by atoms with E-state index in [-0.39, 0.29) is 17.5 Å². The molecule has 0 bridgehead atoms. The van der Waals surface area contributed by atoms with E-state index in [0.29, 0.717) is 18.7 Å². The second kappa shape index (κ2) is 11.0. The molecule has 2 aromatic heterocycles. The number of hydrogen-bond acceptors (Lipinski definition) is 4. The van der Waals surface area contributed by atoms with E-state index in [9.17, 15) is 9.59 Å². The van der Waals surface area contributed by atoms with Crippen LogP contribution in [0, 0.1) is 0 Å². The minimum absolute atomic E-state index is 0.0966. The maximum Gasteiger partial charge on any atom is 0.315 e. The van der Waals surface area contributed by atoms with Crippen molar-refractivity contribution in [2.24, 2.45) is 7.05 Å². The van der Waals surface area contributed by atoms with Gasteiger partial charge >= 0.3 is 6.03 Å². The number of allylic oxidation sites excluding steroid dienone is 3. The molecule has 2 amide bonds. The molecular formula is C21H30N6O2. The molecule has 29 heavy (non-hydrogen) atoms. The molecule has 0 saturated heterocycles. The molecule has 0 fully saturated rings. The number of rotatable bonds is 9. The normalized spacial score (nSPS) is 12.9. The van der Waals surface area contributed by atoms with Gasteiger partial charge in [-0.05, 0) is 20.3 Å². The first-order valence-electron chi connectivity index (χ1n) is 9.85. The summed E-state index contributed by atoms with van der Waals surface area (Å²) in [7, 11) is 1.83. The number of aryl methyl sites for hydroxylation is 1. The molecule has 2 rings (SSSR count). The van der Waals surface area contributed by atoms with Gasteiger partial charge in [-0.1, -0.05) is 37.1 Å². The minimum atomic E-state index is -0.166. The first-order valence-corrected chi connectivity index (χ1v) is 9.85. The van der Waals surface area contributed by atoms with Crippen molar-refractivity contribution >= 4 is 6.03 Å². The van der Waals surface area contributed by atoms with Crippen molar-refractivity contribution in [1.29, 1.82) is 0 Å². The predicted molar refractivity (Wildman–Crippen MR) is 114 cm³/mol. The summed E-state index contributed by atoms with van der Waals surface area (Å²) in [6, 6.07) is 1.25. The van der Waals surface area contributed by atoms with Crippen LogP contribution in [0.15, 0.2) is 53.3 Å². The third kappa shape index (κ3) is 7.40. The summed E-state index contributed by atoms with van der Waals surface area (Å²) >= 11 is 0. The zero-order valence-corrected chi connectivity index (χ0v) is 17.6. The highest BCUT2D eigenvalue weighted by Crippen LogP contribution is 2.06. The number of amides is 2. The molecule has 1 unspecified atom stereocenters. The number of aromatic nitrogens is 4. The Hall–Kier alpha value is -3.16. The predicted octanol–water partition coefficient (Wildman–Crippen LogP) is 2.50. The van der Waals surface area contributed by atoms with Gasteiger partial charge in [-0.3, -0.25) is 9.48 Å². The Bertz CT molecular complexity index is 925. The summed E-state index contributed by atoms with van der Waals surface area (Å²) in [5.41, 5.74) is 2.17. The maximum atomic E-state index is 12.2. The van der Waals surface area contributed by atoms with Gasteiger partial charge in [0.05, 0.1) is 12.4 Å². The Morgan fingerprint density at radius 1 is 1.38 bits per heavy atom. The first kappa shape index (κ1) is 22.1. The summed E-state index contributed by atoms with van der Waals surface area (Å²) in [4.78, 5) is 23.9. The van der Waals surface area contributed by atoms with Gasteiger partial charge in [0.25, 0.3) is 0 Å². The molecular weight excluding hydrogens is 368 g/mol. The van der Waals surface area contributed by atoms with E-state index in [4.69, 9.17) is 0 Å². The lowest BCUT2D eigenvalue weighted by Gasteiger charge is -2.10. The number of carbonyl (C=O) groups is 1. The largest absolute Gasteiger partial charge is 0.338 e. The lowest BCUT2D eigenvalue weighted by atomic mass is 10.1. The van der Waals surface area contributed by atoms with Crippen LogP contribution in [0.2, 0.25) is 0 Å². The van der Waals surface area contributed by atoms with Gasteiger partial charge in [0.15, 0.2) is 0 Å². The molecule has 156 valence electrons. The lowest BCUT2D eigenvalue weighted by Crippen LogP contribution is -2.40. The zero-order chi connectivity index (χ0) is 21.2. The van der Waals surface area contributed by atoms with Gasteiger partial charge < -0.3 is 10.6 Å². The standard InChI is InChI=1S/C21H30N6O2/c1-5-6-11-22-21(29)24-17(3)9-7-8-16(2)13-19-20(28)10-12-27(25-19)18-14-23-26(4)15-18/h7-10,12,14-15,17H,5-6,11,13H2,1-4H3,(H2,22,24,29)/b9-7-,16-8+. The van der Waals surface area contributed by atoms with Crippen LogP contribution < -0.4 is 16.1 Å². The summed E-state index contributed by atoms with van der Waals surface area (Å²) in [5, 5.41) is 14.2. The SMILES string of the molecule is CCCCNC(=O)NC(C)/C=C\C=C(/C)Cc1nn(-c2cnn(C)c2)ccc1=O. The molecule has 0 aliphatic carbocycles. The number of hydrogen-bond donors (Lipinski definition) is 2. The van der Waals surface area contributed by atoms with E-state index >= 15 is 0 Å². The fraction of sp³-hybridized carbons (Fsp3) is 0.429. The van der Waals surface area contributed by atoms with Gasteiger partial charge in [0.1, 0.15) is 11.4 Å². The third-order valence-electron chi connectivity index (χ3n) is 4.24. The van der Waals surface area contributed by atoms with Crippen LogP contribution >= 0.6 is 0 Å². The highest BCUT2D eigenvalue weighted by Gasteiger charge is 2.06. The Kier molecular flexibility index (Phi) is 8.39. The van der Waals surface area contributed by atoms with Crippen LogP contribution in [0.1, 0.15) is 39.3 Å². The number of unbranched alkanes of at least 4 members (excludes halogenated alkanes) is 1. The van der Waals surface area contributed by atoms with Crippen LogP contribution in [-0.2, 0) is 13.5 Å². The molecule has 0 aliphatic heterocycles. The minimum Gasteiger partial charge on any atom is -0.338 e. The Morgan fingerprint density at radius 3 is 2.86 bits per heavy atom. The monoisotopic (exact) mass is 398 g/mol. The topological polar surface area (TPSA) is 93.8 Å². The molecule has 0 aliphatic rings.